The van der Waals surface area contributed by atoms with Crippen molar-refractivity contribution in [2.75, 3.05) is 26.2 Å². The highest BCUT2D eigenvalue weighted by atomic mass is 16.5. The first kappa shape index (κ1) is 14.4. The number of hydrogen-bond acceptors (Lipinski definition) is 3. The Morgan fingerprint density at radius 1 is 1.26 bits per heavy atom. The Morgan fingerprint density at radius 3 is 2.74 bits per heavy atom. The third kappa shape index (κ3) is 4.51. The summed E-state index contributed by atoms with van der Waals surface area (Å²) in [6.45, 7) is 9.58. The normalized spacial score (nSPS) is 17.6. The minimum absolute atomic E-state index is 0.665. The average molecular weight is 262 g/mol. The zero-order valence-electron chi connectivity index (χ0n) is 12.2. The summed E-state index contributed by atoms with van der Waals surface area (Å²) in [5, 5.41) is 3.67. The lowest BCUT2D eigenvalue weighted by atomic mass is 10.0. The van der Waals surface area contributed by atoms with Gasteiger partial charge in [-0.1, -0.05) is 19.1 Å². The predicted molar refractivity (Wildman–Crippen MR) is 79.6 cm³/mol. The van der Waals surface area contributed by atoms with Crippen LogP contribution < -0.4 is 10.1 Å². The molecule has 0 bridgehead atoms. The van der Waals surface area contributed by atoms with Crippen LogP contribution in [0.15, 0.2) is 24.3 Å². The summed E-state index contributed by atoms with van der Waals surface area (Å²) < 4.78 is 5.53. The summed E-state index contributed by atoms with van der Waals surface area (Å²) >= 11 is 0. The van der Waals surface area contributed by atoms with Gasteiger partial charge in [0.1, 0.15) is 5.75 Å². The summed E-state index contributed by atoms with van der Waals surface area (Å²) in [5.74, 6) is 0.975. The highest BCUT2D eigenvalue weighted by Gasteiger charge is 2.17. The molecule has 3 nitrogen and oxygen atoms in total. The van der Waals surface area contributed by atoms with Crippen LogP contribution in [0.3, 0.4) is 0 Å². The van der Waals surface area contributed by atoms with Gasteiger partial charge in [-0.05, 0) is 57.1 Å². The second-order valence-corrected chi connectivity index (χ2v) is 5.17. The van der Waals surface area contributed by atoms with E-state index in [9.17, 15) is 0 Å². The van der Waals surface area contributed by atoms with Gasteiger partial charge in [-0.25, -0.2) is 0 Å². The van der Waals surface area contributed by atoms with E-state index in [1.807, 2.05) is 13.0 Å². The number of rotatable bonds is 6. The van der Waals surface area contributed by atoms with E-state index >= 15 is 0 Å². The molecular formula is C16H26N2O. The molecule has 0 aliphatic carbocycles. The van der Waals surface area contributed by atoms with Crippen molar-refractivity contribution in [3.05, 3.63) is 29.8 Å². The van der Waals surface area contributed by atoms with Gasteiger partial charge < -0.3 is 15.0 Å². The lowest BCUT2D eigenvalue weighted by molar-refractivity contribution is 0.206. The first-order valence-electron chi connectivity index (χ1n) is 7.49. The van der Waals surface area contributed by atoms with Gasteiger partial charge in [0.2, 0.25) is 0 Å². The van der Waals surface area contributed by atoms with Crippen LogP contribution in [0.2, 0.25) is 0 Å². The van der Waals surface area contributed by atoms with E-state index in [4.69, 9.17) is 4.74 Å². The van der Waals surface area contributed by atoms with Gasteiger partial charge in [-0.15, -0.1) is 0 Å². The van der Waals surface area contributed by atoms with Crippen LogP contribution >= 0.6 is 0 Å². The largest absolute Gasteiger partial charge is 0.494 e. The second-order valence-electron chi connectivity index (χ2n) is 5.17. The predicted octanol–water partition coefficient (Wildman–Crippen LogP) is 2.66. The van der Waals surface area contributed by atoms with Crippen LogP contribution in [0.4, 0.5) is 0 Å². The van der Waals surface area contributed by atoms with Crippen LogP contribution in [0.1, 0.15) is 32.3 Å². The molecule has 0 saturated carbocycles. The molecule has 1 aromatic carbocycles. The monoisotopic (exact) mass is 262 g/mol. The third-order valence-corrected chi connectivity index (χ3v) is 3.84. The molecule has 1 fully saturated rings. The van der Waals surface area contributed by atoms with Crippen LogP contribution in [-0.2, 0) is 6.54 Å². The zero-order chi connectivity index (χ0) is 13.5. The highest BCUT2D eigenvalue weighted by molar-refractivity contribution is 5.28. The third-order valence-electron chi connectivity index (χ3n) is 3.84. The number of benzene rings is 1. The van der Waals surface area contributed by atoms with E-state index in [0.717, 1.165) is 18.9 Å². The maximum absolute atomic E-state index is 5.53. The topological polar surface area (TPSA) is 24.5 Å². The summed E-state index contributed by atoms with van der Waals surface area (Å²) in [4.78, 5) is 2.52. The molecule has 1 aromatic rings. The molecule has 0 radical (unpaired) electrons. The lowest BCUT2D eigenvalue weighted by Gasteiger charge is -2.31. The first-order chi connectivity index (χ1) is 9.31. The summed E-state index contributed by atoms with van der Waals surface area (Å²) in [5.41, 5.74) is 1.31. The molecule has 0 amide bonds. The second kappa shape index (κ2) is 7.51. The van der Waals surface area contributed by atoms with Crippen molar-refractivity contribution in [3.8, 4) is 5.75 Å². The summed E-state index contributed by atoms with van der Waals surface area (Å²) in [6, 6.07) is 9.06. The maximum Gasteiger partial charge on any atom is 0.119 e. The van der Waals surface area contributed by atoms with Crippen molar-refractivity contribution in [1.82, 2.24) is 10.2 Å². The molecule has 1 aliphatic rings. The van der Waals surface area contributed by atoms with Crippen molar-refractivity contribution >= 4 is 0 Å². The van der Waals surface area contributed by atoms with Gasteiger partial charge in [0.05, 0.1) is 6.61 Å². The Hall–Kier alpha value is -1.06. The number of ether oxygens (including phenoxy) is 1. The molecule has 1 heterocycles. The number of likely N-dealkylation sites (tertiary alicyclic amines) is 1. The first-order valence-corrected chi connectivity index (χ1v) is 7.49. The van der Waals surface area contributed by atoms with Crippen LogP contribution in [0.25, 0.3) is 0 Å². The Kier molecular flexibility index (Phi) is 5.67. The number of nitrogens with one attached hydrogen (secondary N) is 1. The fraction of sp³-hybridized carbons (Fsp3) is 0.625. The fourth-order valence-electron chi connectivity index (χ4n) is 2.63. The van der Waals surface area contributed by atoms with Gasteiger partial charge in [-0.2, -0.15) is 0 Å². The van der Waals surface area contributed by atoms with Crippen molar-refractivity contribution in [3.63, 3.8) is 0 Å². The van der Waals surface area contributed by atoms with E-state index in [2.05, 4.69) is 35.3 Å². The standard InChI is InChI=1S/C16H26N2O/c1-3-18-10-8-15(9-11-18)17-13-14-6-5-7-16(12-14)19-4-2/h5-7,12,15,17H,3-4,8-11,13H2,1-2H3. The van der Waals surface area contributed by atoms with Crippen molar-refractivity contribution in [2.24, 2.45) is 0 Å². The van der Waals surface area contributed by atoms with E-state index in [1.165, 1.54) is 38.0 Å². The van der Waals surface area contributed by atoms with Crippen molar-refractivity contribution in [1.29, 1.82) is 0 Å². The molecule has 0 spiro atoms. The number of hydrogen-bond donors (Lipinski definition) is 1. The summed E-state index contributed by atoms with van der Waals surface area (Å²) in [7, 11) is 0. The van der Waals surface area contributed by atoms with Crippen LogP contribution in [0, 0.1) is 0 Å². The molecular weight excluding hydrogens is 236 g/mol. The van der Waals surface area contributed by atoms with Gasteiger partial charge >= 0.3 is 0 Å². The van der Waals surface area contributed by atoms with E-state index < -0.39 is 0 Å². The number of nitrogens with zero attached hydrogens (tertiary/aromatic N) is 1. The van der Waals surface area contributed by atoms with E-state index in [-0.39, 0.29) is 0 Å². The molecule has 1 saturated heterocycles. The minimum atomic E-state index is 0.665. The quantitative estimate of drug-likeness (QED) is 0.853. The molecule has 2 rings (SSSR count). The minimum Gasteiger partial charge on any atom is -0.494 e. The Labute approximate surface area is 116 Å². The van der Waals surface area contributed by atoms with E-state index in [1.54, 1.807) is 0 Å². The van der Waals surface area contributed by atoms with Gasteiger partial charge in [0, 0.05) is 12.6 Å². The average Bonchev–Trinajstić information content (AvgIpc) is 2.46. The molecule has 0 aromatic heterocycles. The van der Waals surface area contributed by atoms with Crippen LogP contribution in [0.5, 0.6) is 5.75 Å². The van der Waals surface area contributed by atoms with Gasteiger partial charge in [0.25, 0.3) is 0 Å². The van der Waals surface area contributed by atoms with Gasteiger partial charge in [-0.3, -0.25) is 0 Å². The zero-order valence-corrected chi connectivity index (χ0v) is 12.2. The smallest absolute Gasteiger partial charge is 0.119 e. The molecule has 106 valence electrons. The van der Waals surface area contributed by atoms with Crippen LogP contribution in [-0.4, -0.2) is 37.2 Å². The molecule has 0 atom stereocenters. The Balaban J connectivity index is 1.77. The Bertz CT molecular complexity index is 373. The molecule has 19 heavy (non-hydrogen) atoms. The highest BCUT2D eigenvalue weighted by Crippen LogP contribution is 2.15. The fourth-order valence-corrected chi connectivity index (χ4v) is 2.63. The lowest BCUT2D eigenvalue weighted by Crippen LogP contribution is -2.42. The van der Waals surface area contributed by atoms with E-state index in [0.29, 0.717) is 6.04 Å². The maximum atomic E-state index is 5.53. The molecule has 1 aliphatic heterocycles. The molecule has 1 N–H and O–H groups in total. The summed E-state index contributed by atoms with van der Waals surface area (Å²) in [6.07, 6.45) is 2.53. The molecule has 3 heteroatoms. The van der Waals surface area contributed by atoms with Crippen molar-refractivity contribution in [2.45, 2.75) is 39.3 Å². The van der Waals surface area contributed by atoms with Gasteiger partial charge in [0.15, 0.2) is 0 Å². The number of piperidine rings is 1. The SMILES string of the molecule is CCOc1cccc(CNC2CCN(CC)CC2)c1. The molecule has 0 unspecified atom stereocenters. The Morgan fingerprint density at radius 2 is 2.05 bits per heavy atom. The van der Waals surface area contributed by atoms with Crippen molar-refractivity contribution < 1.29 is 4.74 Å².